The predicted octanol–water partition coefficient (Wildman–Crippen LogP) is 0.645. The molecule has 22 heavy (non-hydrogen) atoms. The van der Waals surface area contributed by atoms with Crippen molar-refractivity contribution >= 4 is 29.3 Å². The lowest BCUT2D eigenvalue weighted by molar-refractivity contribution is 0.926. The van der Waals surface area contributed by atoms with Gasteiger partial charge in [0.05, 0.1) is 5.69 Å². The first kappa shape index (κ1) is 14.3. The number of nitrogen functional groups attached to an aromatic ring is 2. The van der Waals surface area contributed by atoms with Gasteiger partial charge in [0.1, 0.15) is 5.65 Å². The summed E-state index contributed by atoms with van der Waals surface area (Å²) in [7, 11) is 0. The largest absolute Gasteiger partial charge is 0.368 e. The molecule has 0 radical (unpaired) electrons. The van der Waals surface area contributed by atoms with Crippen LogP contribution in [-0.2, 0) is 5.75 Å². The van der Waals surface area contributed by atoms with Crippen molar-refractivity contribution in [3.8, 4) is 0 Å². The Kier molecular flexibility index (Phi) is 3.63. The Morgan fingerprint density at radius 2 is 1.86 bits per heavy atom. The quantitative estimate of drug-likeness (QED) is 0.675. The summed E-state index contributed by atoms with van der Waals surface area (Å²) in [5, 5.41) is 0.399. The molecule has 0 saturated heterocycles. The SMILES string of the molecule is Cc1ccc2nc(CSc3nc(N)nc(N)n3)cc(=O)n2c1. The lowest BCUT2D eigenvalue weighted by Crippen LogP contribution is -2.15. The van der Waals surface area contributed by atoms with Gasteiger partial charge in [-0.05, 0) is 18.6 Å². The van der Waals surface area contributed by atoms with E-state index in [-0.39, 0.29) is 17.5 Å². The van der Waals surface area contributed by atoms with Gasteiger partial charge in [-0.15, -0.1) is 0 Å². The van der Waals surface area contributed by atoms with Crippen LogP contribution in [0, 0.1) is 6.92 Å². The Morgan fingerprint density at radius 1 is 1.14 bits per heavy atom. The molecule has 0 aliphatic carbocycles. The van der Waals surface area contributed by atoms with Gasteiger partial charge in [-0.2, -0.15) is 15.0 Å². The zero-order valence-corrected chi connectivity index (χ0v) is 12.5. The molecule has 3 rings (SSSR count). The monoisotopic (exact) mass is 315 g/mol. The molecule has 9 heteroatoms. The maximum Gasteiger partial charge on any atom is 0.258 e. The second-order valence-electron chi connectivity index (χ2n) is 4.64. The number of aromatic nitrogens is 5. The van der Waals surface area contributed by atoms with Crippen LogP contribution in [0.2, 0.25) is 0 Å². The molecule has 0 saturated carbocycles. The summed E-state index contributed by atoms with van der Waals surface area (Å²) in [6.07, 6.45) is 1.76. The number of fused-ring (bicyclic) bond motifs is 1. The molecule has 112 valence electrons. The number of anilines is 2. The molecule has 0 amide bonds. The molecule has 0 fully saturated rings. The van der Waals surface area contributed by atoms with Crippen LogP contribution in [0.5, 0.6) is 0 Å². The number of rotatable bonds is 3. The molecule has 0 spiro atoms. The van der Waals surface area contributed by atoms with Crippen molar-refractivity contribution in [3.63, 3.8) is 0 Å². The number of hydrogen-bond donors (Lipinski definition) is 2. The van der Waals surface area contributed by atoms with Gasteiger partial charge in [0, 0.05) is 18.0 Å². The van der Waals surface area contributed by atoms with Crippen molar-refractivity contribution in [3.05, 3.63) is 46.0 Å². The van der Waals surface area contributed by atoms with E-state index >= 15 is 0 Å². The van der Waals surface area contributed by atoms with E-state index < -0.39 is 0 Å². The third-order valence-corrected chi connectivity index (χ3v) is 3.74. The topological polar surface area (TPSA) is 125 Å². The molecule has 0 bridgehead atoms. The summed E-state index contributed by atoms with van der Waals surface area (Å²) < 4.78 is 1.52. The molecule has 3 heterocycles. The lowest BCUT2D eigenvalue weighted by atomic mass is 10.3. The number of thioether (sulfide) groups is 1. The van der Waals surface area contributed by atoms with Crippen molar-refractivity contribution in [2.45, 2.75) is 17.8 Å². The van der Waals surface area contributed by atoms with Gasteiger partial charge >= 0.3 is 0 Å². The fourth-order valence-electron chi connectivity index (χ4n) is 1.92. The highest BCUT2D eigenvalue weighted by Gasteiger charge is 2.07. The predicted molar refractivity (Wildman–Crippen MR) is 84.4 cm³/mol. The molecule has 0 aromatic carbocycles. The van der Waals surface area contributed by atoms with E-state index in [0.29, 0.717) is 22.3 Å². The minimum atomic E-state index is -0.126. The van der Waals surface area contributed by atoms with Gasteiger partial charge in [0.15, 0.2) is 5.16 Å². The number of hydrogen-bond acceptors (Lipinski definition) is 8. The number of nitrogens with two attached hydrogens (primary N) is 2. The van der Waals surface area contributed by atoms with E-state index in [2.05, 4.69) is 19.9 Å². The fourth-order valence-corrected chi connectivity index (χ4v) is 2.66. The van der Waals surface area contributed by atoms with Crippen molar-refractivity contribution in [2.75, 3.05) is 11.5 Å². The maximum absolute atomic E-state index is 12.1. The molecule has 8 nitrogen and oxygen atoms in total. The lowest BCUT2D eigenvalue weighted by Gasteiger charge is -2.05. The Balaban J connectivity index is 1.88. The molecular formula is C13H13N7OS. The van der Waals surface area contributed by atoms with E-state index in [1.807, 2.05) is 19.1 Å². The van der Waals surface area contributed by atoms with E-state index in [1.54, 1.807) is 6.20 Å². The average Bonchev–Trinajstić information content (AvgIpc) is 2.45. The van der Waals surface area contributed by atoms with Crippen LogP contribution < -0.4 is 17.0 Å². The van der Waals surface area contributed by atoms with Gasteiger partial charge in [0.25, 0.3) is 5.56 Å². The number of pyridine rings is 1. The minimum Gasteiger partial charge on any atom is -0.368 e. The molecule has 3 aromatic rings. The van der Waals surface area contributed by atoms with E-state index in [9.17, 15) is 4.79 Å². The van der Waals surface area contributed by atoms with Gasteiger partial charge < -0.3 is 11.5 Å². The van der Waals surface area contributed by atoms with Crippen LogP contribution in [0.4, 0.5) is 11.9 Å². The van der Waals surface area contributed by atoms with Gasteiger partial charge in [-0.1, -0.05) is 17.8 Å². The molecular weight excluding hydrogens is 302 g/mol. The average molecular weight is 315 g/mol. The first-order valence-electron chi connectivity index (χ1n) is 6.40. The number of aryl methyl sites for hydroxylation is 1. The first-order valence-corrected chi connectivity index (χ1v) is 7.38. The fraction of sp³-hybridized carbons (Fsp3) is 0.154. The van der Waals surface area contributed by atoms with E-state index in [1.165, 1.54) is 22.2 Å². The van der Waals surface area contributed by atoms with Crippen LogP contribution in [-0.4, -0.2) is 24.3 Å². The zero-order valence-electron chi connectivity index (χ0n) is 11.7. The van der Waals surface area contributed by atoms with Crippen LogP contribution in [0.15, 0.2) is 34.3 Å². The maximum atomic E-state index is 12.1. The smallest absolute Gasteiger partial charge is 0.258 e. The summed E-state index contributed by atoms with van der Waals surface area (Å²) in [5.41, 5.74) is 13.1. The van der Waals surface area contributed by atoms with Crippen LogP contribution in [0.1, 0.15) is 11.3 Å². The molecule has 4 N–H and O–H groups in total. The van der Waals surface area contributed by atoms with Gasteiger partial charge in [-0.3, -0.25) is 9.20 Å². The Bertz CT molecular complexity index is 888. The summed E-state index contributed by atoms with van der Waals surface area (Å²) >= 11 is 1.29. The minimum absolute atomic E-state index is 0.0667. The van der Waals surface area contributed by atoms with Crippen molar-refractivity contribution in [2.24, 2.45) is 0 Å². The Morgan fingerprint density at radius 3 is 2.59 bits per heavy atom. The second kappa shape index (κ2) is 5.60. The highest BCUT2D eigenvalue weighted by atomic mass is 32.2. The normalized spacial score (nSPS) is 11.0. The molecule has 0 aliphatic rings. The van der Waals surface area contributed by atoms with Crippen molar-refractivity contribution in [1.29, 1.82) is 0 Å². The highest BCUT2D eigenvalue weighted by molar-refractivity contribution is 7.98. The standard InChI is InChI=1S/C13H13N7OS/c1-7-2-3-9-16-8(4-10(21)20(9)5-7)6-22-13-18-11(14)17-12(15)19-13/h2-5H,6H2,1H3,(H4,14,15,17,18,19). The van der Waals surface area contributed by atoms with Crippen molar-refractivity contribution in [1.82, 2.24) is 24.3 Å². The Labute approximate surface area is 129 Å². The first-order chi connectivity index (χ1) is 10.5. The molecule has 0 atom stereocenters. The van der Waals surface area contributed by atoms with E-state index in [4.69, 9.17) is 11.5 Å². The summed E-state index contributed by atoms with van der Waals surface area (Å²) in [6.45, 7) is 1.92. The third kappa shape index (κ3) is 2.98. The Hall–Kier alpha value is -2.68. The number of nitrogens with zero attached hydrogens (tertiary/aromatic N) is 5. The van der Waals surface area contributed by atoms with E-state index in [0.717, 1.165) is 5.56 Å². The summed E-state index contributed by atoms with van der Waals surface area (Å²) in [6, 6.07) is 5.21. The van der Waals surface area contributed by atoms with Crippen LogP contribution >= 0.6 is 11.8 Å². The summed E-state index contributed by atoms with van der Waals surface area (Å²) in [5.74, 6) is 0.566. The molecule has 3 aromatic heterocycles. The summed E-state index contributed by atoms with van der Waals surface area (Å²) in [4.78, 5) is 28.2. The second-order valence-corrected chi connectivity index (χ2v) is 5.59. The van der Waals surface area contributed by atoms with Gasteiger partial charge in [-0.25, -0.2) is 4.98 Å². The van der Waals surface area contributed by atoms with Gasteiger partial charge in [0.2, 0.25) is 11.9 Å². The van der Waals surface area contributed by atoms with Crippen LogP contribution in [0.3, 0.4) is 0 Å². The third-order valence-electron chi connectivity index (χ3n) is 2.86. The zero-order chi connectivity index (χ0) is 15.7. The van der Waals surface area contributed by atoms with Crippen molar-refractivity contribution < 1.29 is 0 Å². The molecule has 0 unspecified atom stereocenters. The molecule has 0 aliphatic heterocycles. The highest BCUT2D eigenvalue weighted by Crippen LogP contribution is 2.18. The van der Waals surface area contributed by atoms with Crippen LogP contribution in [0.25, 0.3) is 5.65 Å².